The highest BCUT2D eigenvalue weighted by atomic mass is 16.2. The first kappa shape index (κ1) is 15.0. The van der Waals surface area contributed by atoms with Gasteiger partial charge in [-0.2, -0.15) is 0 Å². The maximum Gasteiger partial charge on any atom is 0.241 e. The van der Waals surface area contributed by atoms with Crippen LogP contribution in [-0.2, 0) is 4.79 Å². The second kappa shape index (κ2) is 6.86. The van der Waals surface area contributed by atoms with Gasteiger partial charge in [0.15, 0.2) is 0 Å². The Balaban J connectivity index is 1.73. The summed E-state index contributed by atoms with van der Waals surface area (Å²) in [4.78, 5) is 14.5. The molecule has 1 aromatic carbocycles. The molecule has 0 aromatic heterocycles. The van der Waals surface area contributed by atoms with Gasteiger partial charge in [0.05, 0.1) is 6.04 Å². The summed E-state index contributed by atoms with van der Waals surface area (Å²) < 4.78 is 0. The quantitative estimate of drug-likeness (QED) is 0.801. The number of amides is 1. The number of carbonyl (C=O) groups excluding carboxylic acids is 1. The van der Waals surface area contributed by atoms with Gasteiger partial charge in [-0.3, -0.25) is 9.69 Å². The number of carbonyl (C=O) groups is 1. The topological polar surface area (TPSA) is 44.4 Å². The average molecular weight is 275 g/mol. The number of anilines is 1. The number of hydrogen-bond acceptors (Lipinski definition) is 3. The number of nitrogens with zero attached hydrogens (tertiary/aromatic N) is 1. The third-order valence-electron chi connectivity index (χ3n) is 3.97. The van der Waals surface area contributed by atoms with Gasteiger partial charge in [0.2, 0.25) is 5.91 Å². The van der Waals surface area contributed by atoms with Gasteiger partial charge in [-0.15, -0.1) is 0 Å². The number of hydrogen-bond donors (Lipinski definition) is 2. The van der Waals surface area contributed by atoms with E-state index in [9.17, 15) is 4.79 Å². The van der Waals surface area contributed by atoms with Gasteiger partial charge in [0.1, 0.15) is 0 Å². The summed E-state index contributed by atoms with van der Waals surface area (Å²) in [5.41, 5.74) is 0.842. The molecule has 2 rings (SSSR count). The fourth-order valence-corrected chi connectivity index (χ4v) is 2.20. The molecule has 0 aliphatic heterocycles. The third kappa shape index (κ3) is 4.32. The first-order chi connectivity index (χ1) is 9.58. The molecule has 2 atom stereocenters. The Morgan fingerprint density at radius 2 is 1.95 bits per heavy atom. The van der Waals surface area contributed by atoms with E-state index in [1.807, 2.05) is 37.3 Å². The molecule has 20 heavy (non-hydrogen) atoms. The third-order valence-corrected chi connectivity index (χ3v) is 3.97. The van der Waals surface area contributed by atoms with Gasteiger partial charge in [-0.05, 0) is 45.9 Å². The summed E-state index contributed by atoms with van der Waals surface area (Å²) in [5, 5.41) is 6.23. The van der Waals surface area contributed by atoms with Crippen LogP contribution in [0.3, 0.4) is 0 Å². The standard InChI is InChI=1S/C16H25N3O/c1-12(19(3)15-9-10-15)11-17-13(2)16(20)18-14-7-5-4-6-8-14/h4-8,12-13,15,17H,9-11H2,1-3H3,(H,18,20). The molecule has 1 aromatic rings. The van der Waals surface area contributed by atoms with Gasteiger partial charge in [0.25, 0.3) is 0 Å². The minimum atomic E-state index is -0.190. The van der Waals surface area contributed by atoms with E-state index in [4.69, 9.17) is 0 Å². The highest BCUT2D eigenvalue weighted by Gasteiger charge is 2.29. The van der Waals surface area contributed by atoms with Crippen molar-refractivity contribution >= 4 is 11.6 Å². The van der Waals surface area contributed by atoms with E-state index < -0.39 is 0 Å². The molecule has 0 spiro atoms. The van der Waals surface area contributed by atoms with Gasteiger partial charge in [-0.1, -0.05) is 18.2 Å². The van der Waals surface area contributed by atoms with Crippen LogP contribution in [-0.4, -0.2) is 42.5 Å². The lowest BCUT2D eigenvalue weighted by Gasteiger charge is -2.26. The summed E-state index contributed by atoms with van der Waals surface area (Å²) in [7, 11) is 2.17. The predicted octanol–water partition coefficient (Wildman–Crippen LogP) is 2.09. The maximum absolute atomic E-state index is 12.1. The first-order valence-corrected chi connectivity index (χ1v) is 7.39. The van der Waals surface area contributed by atoms with E-state index in [-0.39, 0.29) is 11.9 Å². The minimum absolute atomic E-state index is 0.0116. The summed E-state index contributed by atoms with van der Waals surface area (Å²) in [5.74, 6) is 0.0116. The molecular formula is C16H25N3O. The van der Waals surface area contributed by atoms with Crippen molar-refractivity contribution in [2.75, 3.05) is 18.9 Å². The molecule has 110 valence electrons. The van der Waals surface area contributed by atoms with E-state index in [1.165, 1.54) is 12.8 Å². The van der Waals surface area contributed by atoms with Gasteiger partial charge >= 0.3 is 0 Å². The van der Waals surface area contributed by atoms with E-state index >= 15 is 0 Å². The SMILES string of the molecule is CC(NCC(C)N(C)C1CC1)C(=O)Nc1ccccc1. The van der Waals surface area contributed by atoms with Crippen LogP contribution >= 0.6 is 0 Å². The Morgan fingerprint density at radius 3 is 2.55 bits per heavy atom. The van der Waals surface area contributed by atoms with E-state index in [2.05, 4.69) is 29.5 Å². The highest BCUT2D eigenvalue weighted by Crippen LogP contribution is 2.26. The zero-order chi connectivity index (χ0) is 14.5. The van der Waals surface area contributed by atoms with Crippen molar-refractivity contribution in [1.29, 1.82) is 0 Å². The van der Waals surface area contributed by atoms with Gasteiger partial charge < -0.3 is 10.6 Å². The molecule has 1 saturated carbocycles. The summed E-state index contributed by atoms with van der Waals surface area (Å²) in [6, 6.07) is 10.6. The molecule has 0 radical (unpaired) electrons. The van der Waals surface area contributed by atoms with Crippen LogP contribution in [0.4, 0.5) is 5.69 Å². The van der Waals surface area contributed by atoms with Crippen molar-refractivity contribution in [1.82, 2.24) is 10.2 Å². The summed E-state index contributed by atoms with van der Waals surface area (Å²) in [6.07, 6.45) is 2.62. The lowest BCUT2D eigenvalue weighted by molar-refractivity contribution is -0.117. The Bertz CT molecular complexity index is 431. The lowest BCUT2D eigenvalue weighted by atomic mass is 10.2. The number of nitrogens with one attached hydrogen (secondary N) is 2. The Labute approximate surface area is 121 Å². The molecule has 1 aliphatic rings. The van der Waals surface area contributed by atoms with E-state index in [0.29, 0.717) is 6.04 Å². The van der Waals surface area contributed by atoms with Gasteiger partial charge in [-0.25, -0.2) is 0 Å². The van der Waals surface area contributed by atoms with Crippen LogP contribution in [0, 0.1) is 0 Å². The van der Waals surface area contributed by atoms with Crippen LogP contribution in [0.1, 0.15) is 26.7 Å². The van der Waals surface area contributed by atoms with Gasteiger partial charge in [0, 0.05) is 24.3 Å². The molecule has 4 heteroatoms. The Kier molecular flexibility index (Phi) is 5.15. The normalized spacial score (nSPS) is 17.8. The number of para-hydroxylation sites is 1. The lowest BCUT2D eigenvalue weighted by Crippen LogP contribution is -2.45. The minimum Gasteiger partial charge on any atom is -0.325 e. The fraction of sp³-hybridized carbons (Fsp3) is 0.562. The largest absolute Gasteiger partial charge is 0.325 e. The molecular weight excluding hydrogens is 250 g/mol. The zero-order valence-electron chi connectivity index (χ0n) is 12.6. The smallest absolute Gasteiger partial charge is 0.241 e. The molecule has 1 amide bonds. The molecule has 1 aliphatic carbocycles. The highest BCUT2D eigenvalue weighted by molar-refractivity contribution is 5.94. The molecule has 2 N–H and O–H groups in total. The van der Waals surface area contributed by atoms with Crippen LogP contribution < -0.4 is 10.6 Å². The molecule has 2 unspecified atom stereocenters. The van der Waals surface area contributed by atoms with E-state index in [1.54, 1.807) is 0 Å². The van der Waals surface area contributed by atoms with Crippen LogP contribution in [0.15, 0.2) is 30.3 Å². The van der Waals surface area contributed by atoms with Crippen molar-refractivity contribution in [3.05, 3.63) is 30.3 Å². The Morgan fingerprint density at radius 1 is 1.30 bits per heavy atom. The maximum atomic E-state index is 12.1. The monoisotopic (exact) mass is 275 g/mol. The van der Waals surface area contributed by atoms with Crippen molar-refractivity contribution in [2.24, 2.45) is 0 Å². The molecule has 0 bridgehead atoms. The molecule has 0 heterocycles. The number of likely N-dealkylation sites (N-methyl/N-ethyl adjacent to an activating group) is 1. The number of benzene rings is 1. The summed E-state index contributed by atoms with van der Waals surface area (Å²) >= 11 is 0. The predicted molar refractivity (Wildman–Crippen MR) is 82.8 cm³/mol. The molecule has 1 fully saturated rings. The number of rotatable bonds is 7. The van der Waals surface area contributed by atoms with Crippen LogP contribution in [0.5, 0.6) is 0 Å². The summed E-state index contributed by atoms with van der Waals surface area (Å²) in [6.45, 7) is 4.94. The van der Waals surface area contributed by atoms with Crippen LogP contribution in [0.25, 0.3) is 0 Å². The zero-order valence-corrected chi connectivity index (χ0v) is 12.6. The molecule has 4 nitrogen and oxygen atoms in total. The van der Waals surface area contributed by atoms with Crippen molar-refractivity contribution in [3.63, 3.8) is 0 Å². The van der Waals surface area contributed by atoms with Crippen molar-refractivity contribution < 1.29 is 4.79 Å². The second-order valence-corrected chi connectivity index (χ2v) is 5.73. The fourth-order valence-electron chi connectivity index (χ4n) is 2.20. The second-order valence-electron chi connectivity index (χ2n) is 5.73. The van der Waals surface area contributed by atoms with Crippen molar-refractivity contribution in [2.45, 2.75) is 44.8 Å². The van der Waals surface area contributed by atoms with E-state index in [0.717, 1.165) is 18.3 Å². The van der Waals surface area contributed by atoms with Crippen molar-refractivity contribution in [3.8, 4) is 0 Å². The average Bonchev–Trinajstić information content (AvgIpc) is 3.29. The van der Waals surface area contributed by atoms with Crippen LogP contribution in [0.2, 0.25) is 0 Å². The Hall–Kier alpha value is -1.39. The first-order valence-electron chi connectivity index (χ1n) is 7.39. The molecule has 0 saturated heterocycles.